The summed E-state index contributed by atoms with van der Waals surface area (Å²) >= 11 is 0. The van der Waals surface area contributed by atoms with Crippen LogP contribution >= 0.6 is 0 Å². The van der Waals surface area contributed by atoms with Gasteiger partial charge in [-0.05, 0) is 147 Å². The predicted molar refractivity (Wildman–Crippen MR) is 236 cm³/mol. The number of esters is 1. The third kappa shape index (κ3) is 14.3. The largest absolute Gasteiger partial charge is 0.493 e. The van der Waals surface area contributed by atoms with Gasteiger partial charge >= 0.3 is 5.97 Å². The number of hydrogen-bond donors (Lipinski definition) is 2. The molecule has 0 aliphatic heterocycles. The van der Waals surface area contributed by atoms with Gasteiger partial charge in [0.1, 0.15) is 5.75 Å². The molecule has 0 spiro atoms. The lowest BCUT2D eigenvalue weighted by Crippen LogP contribution is -2.28. The standard InChI is InChI=1S/C51H72O6/c1-8-10-11-14-39-17-19-41(20-18-39)42-21-23-43(24-22-42)44-25-26-48(40(9-2)31-44)47-32-45(15-12-28-55-34-37(3)4)49(56-30-27-51(7,35-52)36-53)46(33-47)16-13-29-57-50(54)38(5)6/h21-26,31-33,39,41,52-53H,3,5,8-20,27-30,34-36H2,1-2,4,6-7H3. The highest BCUT2D eigenvalue weighted by molar-refractivity contribution is 5.86. The molecule has 1 aliphatic rings. The Kier molecular flexibility index (Phi) is 19.1. The topological polar surface area (TPSA) is 85.2 Å². The van der Waals surface area contributed by atoms with Crippen LogP contribution in [0.5, 0.6) is 5.75 Å². The van der Waals surface area contributed by atoms with E-state index in [0.717, 1.165) is 53.2 Å². The number of aliphatic hydroxyl groups is 2. The van der Waals surface area contributed by atoms with Crippen LogP contribution in [-0.2, 0) is 33.5 Å². The summed E-state index contributed by atoms with van der Waals surface area (Å²) in [4.78, 5) is 12.2. The van der Waals surface area contributed by atoms with Crippen molar-refractivity contribution in [2.75, 3.05) is 39.6 Å². The maximum Gasteiger partial charge on any atom is 0.333 e. The zero-order valence-electron chi connectivity index (χ0n) is 35.9. The molecule has 4 rings (SSSR count). The maximum absolute atomic E-state index is 12.2. The number of rotatable bonds is 25. The first kappa shape index (κ1) is 46.0. The zero-order valence-corrected chi connectivity index (χ0v) is 35.9. The number of carbonyl (C=O) groups excluding carboxylic acids is 1. The van der Waals surface area contributed by atoms with Crippen molar-refractivity contribution in [3.8, 4) is 28.0 Å². The summed E-state index contributed by atoms with van der Waals surface area (Å²) in [5.41, 5.74) is 10.4. The van der Waals surface area contributed by atoms with Crippen LogP contribution in [0.2, 0.25) is 0 Å². The first-order valence-corrected chi connectivity index (χ1v) is 21.8. The van der Waals surface area contributed by atoms with E-state index >= 15 is 0 Å². The van der Waals surface area contributed by atoms with E-state index in [0.29, 0.717) is 50.6 Å². The number of benzene rings is 3. The molecule has 0 atom stereocenters. The molecule has 1 saturated carbocycles. The average molecular weight is 781 g/mol. The lowest BCUT2D eigenvalue weighted by atomic mass is 9.77. The van der Waals surface area contributed by atoms with Gasteiger partial charge < -0.3 is 24.4 Å². The minimum absolute atomic E-state index is 0.125. The summed E-state index contributed by atoms with van der Waals surface area (Å²) in [7, 11) is 0. The quantitative estimate of drug-likeness (QED) is 0.0385. The van der Waals surface area contributed by atoms with Crippen LogP contribution < -0.4 is 4.74 Å². The van der Waals surface area contributed by atoms with E-state index in [2.05, 4.69) is 81.6 Å². The van der Waals surface area contributed by atoms with Crippen molar-refractivity contribution in [2.45, 2.75) is 130 Å². The van der Waals surface area contributed by atoms with Crippen LogP contribution in [0.3, 0.4) is 0 Å². The van der Waals surface area contributed by atoms with Crippen LogP contribution in [0.25, 0.3) is 22.3 Å². The van der Waals surface area contributed by atoms with Gasteiger partial charge in [-0.2, -0.15) is 0 Å². The Bertz CT molecular complexity index is 1710. The van der Waals surface area contributed by atoms with E-state index in [1.165, 1.54) is 79.2 Å². The Morgan fingerprint density at radius 2 is 1.40 bits per heavy atom. The molecule has 312 valence electrons. The second kappa shape index (κ2) is 23.6. The third-order valence-electron chi connectivity index (χ3n) is 11.8. The van der Waals surface area contributed by atoms with Crippen LogP contribution in [-0.4, -0.2) is 55.8 Å². The van der Waals surface area contributed by atoms with E-state index in [1.54, 1.807) is 6.92 Å². The van der Waals surface area contributed by atoms with Gasteiger partial charge in [-0.15, -0.1) is 0 Å². The highest BCUT2D eigenvalue weighted by Gasteiger charge is 2.24. The summed E-state index contributed by atoms with van der Waals surface area (Å²) in [6, 6.07) is 20.7. The number of carbonyl (C=O) groups is 1. The molecule has 0 saturated heterocycles. The minimum Gasteiger partial charge on any atom is -0.493 e. The van der Waals surface area contributed by atoms with E-state index in [9.17, 15) is 15.0 Å². The highest BCUT2D eigenvalue weighted by atomic mass is 16.5. The van der Waals surface area contributed by atoms with Crippen molar-refractivity contribution in [1.29, 1.82) is 0 Å². The molecule has 57 heavy (non-hydrogen) atoms. The summed E-state index contributed by atoms with van der Waals surface area (Å²) in [6.07, 6.45) is 15.0. The average Bonchev–Trinajstić information content (AvgIpc) is 3.22. The van der Waals surface area contributed by atoms with E-state index in [-0.39, 0.29) is 25.8 Å². The summed E-state index contributed by atoms with van der Waals surface area (Å²) in [6.45, 7) is 19.2. The van der Waals surface area contributed by atoms with Crippen molar-refractivity contribution in [1.82, 2.24) is 0 Å². The lowest BCUT2D eigenvalue weighted by molar-refractivity contribution is -0.139. The summed E-state index contributed by atoms with van der Waals surface area (Å²) < 4.78 is 17.9. The molecule has 1 fully saturated rings. The Morgan fingerprint density at radius 1 is 0.772 bits per heavy atom. The van der Waals surface area contributed by atoms with Crippen molar-refractivity contribution >= 4 is 5.97 Å². The first-order valence-electron chi connectivity index (χ1n) is 21.8. The molecule has 0 amide bonds. The fourth-order valence-electron chi connectivity index (χ4n) is 8.00. The Hall–Kier alpha value is -3.71. The van der Waals surface area contributed by atoms with Gasteiger partial charge in [-0.25, -0.2) is 4.79 Å². The fraction of sp³-hybridized carbons (Fsp3) is 0.549. The Balaban J connectivity index is 1.62. The first-order chi connectivity index (χ1) is 27.5. The van der Waals surface area contributed by atoms with Crippen molar-refractivity contribution in [2.24, 2.45) is 11.3 Å². The minimum atomic E-state index is -0.640. The second-order valence-electron chi connectivity index (χ2n) is 17.0. The monoisotopic (exact) mass is 781 g/mol. The maximum atomic E-state index is 12.2. The number of aryl methyl sites for hydroxylation is 3. The van der Waals surface area contributed by atoms with Crippen molar-refractivity contribution in [3.05, 3.63) is 101 Å². The molecule has 2 N–H and O–H groups in total. The summed E-state index contributed by atoms with van der Waals surface area (Å²) in [5.74, 6) is 2.03. The van der Waals surface area contributed by atoms with Gasteiger partial charge in [-0.1, -0.05) is 108 Å². The van der Waals surface area contributed by atoms with E-state index in [4.69, 9.17) is 14.2 Å². The molecule has 0 aromatic heterocycles. The van der Waals surface area contributed by atoms with Crippen molar-refractivity contribution < 1.29 is 29.2 Å². The molecule has 0 radical (unpaired) electrons. The molecular weight excluding hydrogens is 709 g/mol. The number of ether oxygens (including phenoxy) is 3. The van der Waals surface area contributed by atoms with Gasteiger partial charge in [0.15, 0.2) is 0 Å². The van der Waals surface area contributed by atoms with Gasteiger partial charge in [0.05, 0.1) is 33.0 Å². The molecule has 0 heterocycles. The molecule has 6 heteroatoms. The van der Waals surface area contributed by atoms with Crippen LogP contribution in [0.15, 0.2) is 78.9 Å². The fourth-order valence-corrected chi connectivity index (χ4v) is 8.00. The molecule has 3 aromatic carbocycles. The van der Waals surface area contributed by atoms with Gasteiger partial charge in [0.2, 0.25) is 0 Å². The predicted octanol–water partition coefficient (Wildman–Crippen LogP) is 11.8. The molecule has 0 bridgehead atoms. The third-order valence-corrected chi connectivity index (χ3v) is 11.8. The normalized spacial score (nSPS) is 15.7. The van der Waals surface area contributed by atoms with Gasteiger partial charge in [-0.3, -0.25) is 0 Å². The summed E-state index contributed by atoms with van der Waals surface area (Å²) in [5, 5.41) is 19.9. The Morgan fingerprint density at radius 3 is 2.00 bits per heavy atom. The van der Waals surface area contributed by atoms with E-state index in [1.807, 2.05) is 13.8 Å². The number of hydrogen-bond acceptors (Lipinski definition) is 6. The Labute approximate surface area is 344 Å². The number of aliphatic hydroxyl groups excluding tert-OH is 2. The van der Waals surface area contributed by atoms with Crippen LogP contribution in [0.4, 0.5) is 0 Å². The van der Waals surface area contributed by atoms with E-state index < -0.39 is 5.41 Å². The molecular formula is C51H72O6. The lowest BCUT2D eigenvalue weighted by Gasteiger charge is -2.29. The smallest absolute Gasteiger partial charge is 0.333 e. The zero-order chi connectivity index (χ0) is 41.2. The van der Waals surface area contributed by atoms with Crippen LogP contribution in [0, 0.1) is 11.3 Å². The molecule has 3 aromatic rings. The van der Waals surface area contributed by atoms with Crippen molar-refractivity contribution in [3.63, 3.8) is 0 Å². The highest BCUT2D eigenvalue weighted by Crippen LogP contribution is 2.40. The SMILES string of the molecule is C=C(C)COCCCc1cc(-c2ccc(-c3ccc(C4CCC(CCCCC)CC4)cc3)cc2CC)cc(CCCOC(=O)C(=C)C)c1OCCC(C)(CO)CO. The molecule has 0 unspecified atom stereocenters. The van der Waals surface area contributed by atoms with Gasteiger partial charge in [0, 0.05) is 17.6 Å². The number of unbranched alkanes of at least 4 members (excludes halogenated alkanes) is 2. The molecule has 1 aliphatic carbocycles. The second-order valence-corrected chi connectivity index (χ2v) is 17.0. The van der Waals surface area contributed by atoms with Crippen LogP contribution in [0.1, 0.15) is 133 Å². The van der Waals surface area contributed by atoms with Gasteiger partial charge in [0.25, 0.3) is 0 Å². The molecule has 6 nitrogen and oxygen atoms in total.